The van der Waals surface area contributed by atoms with Crippen LogP contribution in [0.2, 0.25) is 0 Å². The lowest BCUT2D eigenvalue weighted by molar-refractivity contribution is 0.0692. The van der Waals surface area contributed by atoms with Crippen LogP contribution in [-0.4, -0.2) is 40.3 Å². The van der Waals surface area contributed by atoms with Crippen molar-refractivity contribution in [3.8, 4) is 0 Å². The molecule has 0 saturated carbocycles. The summed E-state index contributed by atoms with van der Waals surface area (Å²) >= 11 is 0. The lowest BCUT2D eigenvalue weighted by atomic mass is 10.2. The van der Waals surface area contributed by atoms with Crippen LogP contribution < -0.4 is 10.0 Å². The lowest BCUT2D eigenvalue weighted by Gasteiger charge is -2.09. The van der Waals surface area contributed by atoms with Gasteiger partial charge in [0.25, 0.3) is 10.0 Å². The van der Waals surface area contributed by atoms with Gasteiger partial charge < -0.3 is 5.11 Å². The van der Waals surface area contributed by atoms with Crippen molar-refractivity contribution in [3.63, 3.8) is 0 Å². The third-order valence-electron chi connectivity index (χ3n) is 2.84. The molecule has 0 radical (unpaired) electrons. The van der Waals surface area contributed by atoms with Gasteiger partial charge in [-0.3, -0.25) is 10.00 Å². The summed E-state index contributed by atoms with van der Waals surface area (Å²) in [6.45, 7) is 1.65. The Kier molecular flexibility index (Phi) is 4.31. The number of benzene rings is 1. The number of carboxylic acid groups (broad SMARTS) is 1. The van der Waals surface area contributed by atoms with Gasteiger partial charge in [0.15, 0.2) is 0 Å². The number of sulfonamides is 1. The van der Waals surface area contributed by atoms with Gasteiger partial charge >= 0.3 is 12.0 Å². The molecule has 1 aromatic heterocycles. The van der Waals surface area contributed by atoms with E-state index in [1.807, 2.05) is 0 Å². The molecule has 0 aliphatic carbocycles. The Hall–Kier alpha value is -2.95. The van der Waals surface area contributed by atoms with E-state index in [9.17, 15) is 18.0 Å². The summed E-state index contributed by atoms with van der Waals surface area (Å²) in [5, 5.41) is 15.0. The van der Waals surface area contributed by atoms with Crippen LogP contribution in [-0.2, 0) is 17.1 Å². The highest BCUT2D eigenvalue weighted by Gasteiger charge is 2.24. The Morgan fingerprint density at radius 3 is 2.48 bits per heavy atom. The van der Waals surface area contributed by atoms with Gasteiger partial charge in [-0.05, 0) is 19.1 Å². The number of hydrogen-bond acceptors (Lipinski definition) is 6. The van der Waals surface area contributed by atoms with Gasteiger partial charge in [0.2, 0.25) is 5.95 Å². The fourth-order valence-corrected chi connectivity index (χ4v) is 2.80. The van der Waals surface area contributed by atoms with E-state index < -0.39 is 32.5 Å². The first kappa shape index (κ1) is 16.4. The zero-order valence-electron chi connectivity index (χ0n) is 12.1. The number of hydrogen-bond donors (Lipinski definition) is 3. The summed E-state index contributed by atoms with van der Waals surface area (Å²) in [4.78, 5) is 26.2. The van der Waals surface area contributed by atoms with Crippen LogP contribution in [0, 0.1) is 6.92 Å². The molecule has 0 fully saturated rings. The summed E-state index contributed by atoms with van der Waals surface area (Å²) in [6, 6.07) is 3.84. The van der Waals surface area contributed by atoms with E-state index in [0.717, 1.165) is 12.1 Å². The number of rotatable bonds is 4. The molecular weight excluding hydrogens is 326 g/mol. The minimum atomic E-state index is -4.36. The SMILES string of the molecule is Cc1nc(NC(=O)NS(=O)(=O)c2ccccc2C(=O)O)nn1C. The minimum Gasteiger partial charge on any atom is -0.478 e. The van der Waals surface area contributed by atoms with Gasteiger partial charge in [-0.1, -0.05) is 12.1 Å². The Morgan fingerprint density at radius 1 is 1.26 bits per heavy atom. The molecule has 0 saturated heterocycles. The molecule has 10 nitrogen and oxygen atoms in total. The number of amides is 2. The van der Waals surface area contributed by atoms with Gasteiger partial charge in [0.05, 0.1) is 5.56 Å². The molecule has 0 aliphatic rings. The number of aryl methyl sites for hydroxylation is 2. The van der Waals surface area contributed by atoms with Crippen molar-refractivity contribution in [3.05, 3.63) is 35.7 Å². The number of anilines is 1. The molecule has 122 valence electrons. The molecular formula is C12H13N5O5S. The van der Waals surface area contributed by atoms with E-state index >= 15 is 0 Å². The van der Waals surface area contributed by atoms with Crippen molar-refractivity contribution in [2.24, 2.45) is 7.05 Å². The number of nitrogens with zero attached hydrogens (tertiary/aromatic N) is 3. The average Bonchev–Trinajstić information content (AvgIpc) is 2.76. The first-order valence-electron chi connectivity index (χ1n) is 6.24. The molecule has 0 aliphatic heterocycles. The van der Waals surface area contributed by atoms with Crippen LogP contribution in [0.25, 0.3) is 0 Å². The number of carbonyl (C=O) groups is 2. The summed E-state index contributed by atoms with van der Waals surface area (Å²) in [6.07, 6.45) is 0. The summed E-state index contributed by atoms with van der Waals surface area (Å²) in [5.74, 6) is -0.989. The molecule has 0 atom stereocenters. The molecule has 23 heavy (non-hydrogen) atoms. The maximum absolute atomic E-state index is 12.1. The average molecular weight is 339 g/mol. The van der Waals surface area contributed by atoms with Crippen LogP contribution in [0.1, 0.15) is 16.2 Å². The van der Waals surface area contributed by atoms with Gasteiger partial charge in [-0.2, -0.15) is 4.98 Å². The molecule has 1 aromatic carbocycles. The van der Waals surface area contributed by atoms with Crippen LogP contribution >= 0.6 is 0 Å². The van der Waals surface area contributed by atoms with Gasteiger partial charge in [0.1, 0.15) is 10.7 Å². The summed E-state index contributed by atoms with van der Waals surface area (Å²) < 4.78 is 27.4. The summed E-state index contributed by atoms with van der Waals surface area (Å²) in [5.41, 5.74) is -0.445. The second-order valence-electron chi connectivity index (χ2n) is 4.47. The topological polar surface area (TPSA) is 143 Å². The molecule has 0 spiro atoms. The number of carbonyl (C=O) groups excluding carboxylic acids is 1. The van der Waals surface area contributed by atoms with Crippen molar-refractivity contribution in [2.45, 2.75) is 11.8 Å². The van der Waals surface area contributed by atoms with E-state index in [2.05, 4.69) is 15.4 Å². The van der Waals surface area contributed by atoms with Crippen molar-refractivity contribution in [1.82, 2.24) is 19.5 Å². The predicted octanol–water partition coefficient (Wildman–Crippen LogP) is 0.332. The van der Waals surface area contributed by atoms with Gasteiger partial charge in [0, 0.05) is 7.05 Å². The van der Waals surface area contributed by atoms with Crippen molar-refractivity contribution >= 4 is 28.0 Å². The third kappa shape index (κ3) is 3.63. The fourth-order valence-electron chi connectivity index (χ4n) is 1.70. The van der Waals surface area contributed by atoms with E-state index in [-0.39, 0.29) is 5.95 Å². The maximum Gasteiger partial charge on any atom is 0.337 e. The highest BCUT2D eigenvalue weighted by molar-refractivity contribution is 7.90. The molecule has 3 N–H and O–H groups in total. The smallest absolute Gasteiger partial charge is 0.337 e. The zero-order chi connectivity index (χ0) is 17.2. The number of carboxylic acids is 1. The number of urea groups is 1. The second-order valence-corrected chi connectivity index (χ2v) is 6.12. The largest absolute Gasteiger partial charge is 0.478 e. The molecule has 2 rings (SSSR count). The Morgan fingerprint density at radius 2 is 1.91 bits per heavy atom. The molecule has 11 heteroatoms. The molecule has 1 heterocycles. The standard InChI is InChI=1S/C12H13N5O5S/c1-7-13-11(15-17(7)2)14-12(20)16-23(21,22)9-6-4-3-5-8(9)10(18)19/h3-6H,1-2H3,(H,18,19)(H2,14,15,16,20). The minimum absolute atomic E-state index is 0.0794. The highest BCUT2D eigenvalue weighted by atomic mass is 32.2. The second kappa shape index (κ2) is 6.04. The maximum atomic E-state index is 12.1. The first-order valence-corrected chi connectivity index (χ1v) is 7.73. The Bertz CT molecular complexity index is 854. The quantitative estimate of drug-likeness (QED) is 0.728. The predicted molar refractivity (Wildman–Crippen MR) is 78.5 cm³/mol. The number of aromatic nitrogens is 3. The Balaban J connectivity index is 2.21. The third-order valence-corrected chi connectivity index (χ3v) is 4.23. The monoisotopic (exact) mass is 339 g/mol. The zero-order valence-corrected chi connectivity index (χ0v) is 13.0. The van der Waals surface area contributed by atoms with Crippen LogP contribution in [0.15, 0.2) is 29.2 Å². The first-order chi connectivity index (χ1) is 10.7. The van der Waals surface area contributed by atoms with Gasteiger partial charge in [-0.15, -0.1) is 5.10 Å². The van der Waals surface area contributed by atoms with Crippen LogP contribution in [0.3, 0.4) is 0 Å². The Labute approximate surface area is 131 Å². The number of aromatic carboxylic acids is 1. The lowest BCUT2D eigenvalue weighted by Crippen LogP contribution is -2.35. The van der Waals surface area contributed by atoms with Crippen LogP contribution in [0.5, 0.6) is 0 Å². The van der Waals surface area contributed by atoms with E-state index in [4.69, 9.17) is 5.11 Å². The van der Waals surface area contributed by atoms with Crippen molar-refractivity contribution in [2.75, 3.05) is 5.32 Å². The fraction of sp³-hybridized carbons (Fsp3) is 0.167. The van der Waals surface area contributed by atoms with E-state index in [1.165, 1.54) is 16.8 Å². The van der Waals surface area contributed by atoms with Crippen molar-refractivity contribution in [1.29, 1.82) is 0 Å². The molecule has 2 amide bonds. The van der Waals surface area contributed by atoms with E-state index in [0.29, 0.717) is 5.82 Å². The molecule has 0 bridgehead atoms. The van der Waals surface area contributed by atoms with Crippen LogP contribution in [0.4, 0.5) is 10.7 Å². The van der Waals surface area contributed by atoms with Gasteiger partial charge in [-0.25, -0.2) is 22.7 Å². The summed E-state index contributed by atoms with van der Waals surface area (Å²) in [7, 11) is -2.76. The number of nitrogens with one attached hydrogen (secondary N) is 2. The van der Waals surface area contributed by atoms with Crippen molar-refractivity contribution < 1.29 is 23.1 Å². The molecule has 0 unspecified atom stereocenters. The highest BCUT2D eigenvalue weighted by Crippen LogP contribution is 2.15. The normalized spacial score (nSPS) is 11.0. The van der Waals surface area contributed by atoms with E-state index in [1.54, 1.807) is 18.7 Å². The molecule has 2 aromatic rings.